The van der Waals surface area contributed by atoms with E-state index in [1.54, 1.807) is 0 Å². The number of fused-ring (bicyclic) bond motifs is 3. The molecule has 3 aliphatic rings. The second kappa shape index (κ2) is 6.39. The van der Waals surface area contributed by atoms with Gasteiger partial charge in [-0.15, -0.1) is 0 Å². The van der Waals surface area contributed by atoms with Crippen LogP contribution in [0.3, 0.4) is 0 Å². The van der Waals surface area contributed by atoms with Crippen molar-refractivity contribution >= 4 is 29.2 Å². The van der Waals surface area contributed by atoms with Crippen molar-refractivity contribution < 1.29 is 18.8 Å². The summed E-state index contributed by atoms with van der Waals surface area (Å²) in [6.07, 6.45) is 5.22. The number of Topliss-reactive ketones (excluding diaryl/α,β-unsaturated/α-hetero) is 1. The molecule has 3 fully saturated rings. The standard InChI is InChI=1S/C15H17ClFN3O3/c1-7(21)12-11(17)13(19-15(16)18-12)20-23-14(22)10-6-8-2-4-9(10)5-3-8/h8-10H,2-6H2,1H3,(H,18,19,20). The van der Waals surface area contributed by atoms with Gasteiger partial charge in [0.2, 0.25) is 11.1 Å². The zero-order valence-electron chi connectivity index (χ0n) is 12.6. The van der Waals surface area contributed by atoms with E-state index in [1.165, 1.54) is 12.8 Å². The van der Waals surface area contributed by atoms with Crippen molar-refractivity contribution in [3.63, 3.8) is 0 Å². The smallest absolute Gasteiger partial charge is 0.335 e. The molecule has 4 rings (SSSR count). The van der Waals surface area contributed by atoms with Crippen LogP contribution in [0.5, 0.6) is 0 Å². The molecule has 0 saturated heterocycles. The molecule has 2 bridgehead atoms. The van der Waals surface area contributed by atoms with Gasteiger partial charge in [0.15, 0.2) is 11.6 Å². The van der Waals surface area contributed by atoms with E-state index in [0.717, 1.165) is 26.2 Å². The van der Waals surface area contributed by atoms with Crippen molar-refractivity contribution in [1.82, 2.24) is 9.97 Å². The quantitative estimate of drug-likeness (QED) is 0.514. The molecule has 1 aromatic rings. The van der Waals surface area contributed by atoms with Gasteiger partial charge < -0.3 is 4.84 Å². The van der Waals surface area contributed by atoms with Crippen LogP contribution in [-0.4, -0.2) is 21.7 Å². The minimum atomic E-state index is -0.986. The van der Waals surface area contributed by atoms with Crippen LogP contribution in [0.15, 0.2) is 0 Å². The summed E-state index contributed by atoms with van der Waals surface area (Å²) in [6, 6.07) is 0. The zero-order valence-corrected chi connectivity index (χ0v) is 13.4. The molecule has 124 valence electrons. The number of halogens is 2. The normalized spacial score (nSPS) is 26.0. The first-order valence-electron chi connectivity index (χ1n) is 7.66. The summed E-state index contributed by atoms with van der Waals surface area (Å²) < 4.78 is 14.1. The Balaban J connectivity index is 1.69. The number of aromatic nitrogens is 2. The Morgan fingerprint density at radius 1 is 1.26 bits per heavy atom. The molecule has 1 heterocycles. The minimum absolute atomic E-state index is 0.164. The van der Waals surface area contributed by atoms with E-state index in [0.29, 0.717) is 11.8 Å². The molecule has 1 N–H and O–H groups in total. The van der Waals surface area contributed by atoms with Gasteiger partial charge in [0.05, 0.1) is 5.92 Å². The SMILES string of the molecule is CC(=O)c1nc(Cl)nc(NOC(=O)C2CC3CCC2CC3)c1F. The van der Waals surface area contributed by atoms with Gasteiger partial charge in [-0.25, -0.2) is 14.2 Å². The fourth-order valence-electron chi connectivity index (χ4n) is 3.56. The number of nitrogens with zero attached hydrogens (tertiary/aromatic N) is 2. The van der Waals surface area contributed by atoms with Gasteiger partial charge >= 0.3 is 5.97 Å². The average molecular weight is 342 g/mol. The lowest BCUT2D eigenvalue weighted by Crippen LogP contribution is -2.37. The minimum Gasteiger partial charge on any atom is -0.342 e. The molecule has 3 aliphatic carbocycles. The van der Waals surface area contributed by atoms with E-state index in [1.807, 2.05) is 0 Å². The number of hydrogen-bond acceptors (Lipinski definition) is 6. The van der Waals surface area contributed by atoms with Crippen molar-refractivity contribution in [3.8, 4) is 0 Å². The second-order valence-electron chi connectivity index (χ2n) is 6.21. The Hall–Kier alpha value is -1.76. The van der Waals surface area contributed by atoms with Gasteiger partial charge in [-0.2, -0.15) is 10.5 Å². The first-order chi connectivity index (χ1) is 11.0. The third-order valence-electron chi connectivity index (χ3n) is 4.76. The highest BCUT2D eigenvalue weighted by atomic mass is 35.5. The number of carbonyl (C=O) groups is 2. The molecule has 0 spiro atoms. The predicted octanol–water partition coefficient (Wildman–Crippen LogP) is 3.17. The van der Waals surface area contributed by atoms with Crippen LogP contribution in [0, 0.1) is 23.6 Å². The van der Waals surface area contributed by atoms with Crippen LogP contribution >= 0.6 is 11.6 Å². The molecule has 0 aliphatic heterocycles. The van der Waals surface area contributed by atoms with Crippen LogP contribution in [0.25, 0.3) is 0 Å². The maximum atomic E-state index is 14.1. The predicted molar refractivity (Wildman–Crippen MR) is 80.3 cm³/mol. The second-order valence-corrected chi connectivity index (χ2v) is 6.54. The van der Waals surface area contributed by atoms with Crippen LogP contribution < -0.4 is 5.48 Å². The highest BCUT2D eigenvalue weighted by Gasteiger charge is 2.40. The van der Waals surface area contributed by atoms with E-state index in [4.69, 9.17) is 16.4 Å². The third kappa shape index (κ3) is 3.29. The lowest BCUT2D eigenvalue weighted by atomic mass is 9.65. The molecule has 1 unspecified atom stereocenters. The van der Waals surface area contributed by atoms with E-state index in [9.17, 15) is 14.0 Å². The highest BCUT2D eigenvalue weighted by molar-refractivity contribution is 6.28. The summed E-state index contributed by atoms with van der Waals surface area (Å²) in [5, 5.41) is -0.299. The van der Waals surface area contributed by atoms with Crippen LogP contribution in [-0.2, 0) is 9.63 Å². The van der Waals surface area contributed by atoms with E-state index in [-0.39, 0.29) is 11.2 Å². The van der Waals surface area contributed by atoms with Crippen molar-refractivity contribution in [2.24, 2.45) is 17.8 Å². The van der Waals surface area contributed by atoms with Crippen molar-refractivity contribution in [2.45, 2.75) is 39.0 Å². The number of carbonyl (C=O) groups excluding carboxylic acids is 2. The summed E-state index contributed by atoms with van der Waals surface area (Å²) in [5.41, 5.74) is 1.75. The Kier molecular flexibility index (Phi) is 4.48. The zero-order chi connectivity index (χ0) is 16.6. The number of ketones is 1. The van der Waals surface area contributed by atoms with Gasteiger partial charge in [-0.05, 0) is 42.7 Å². The number of anilines is 1. The Morgan fingerprint density at radius 2 is 1.96 bits per heavy atom. The van der Waals surface area contributed by atoms with Gasteiger partial charge in [0.25, 0.3) is 0 Å². The van der Waals surface area contributed by atoms with Crippen molar-refractivity contribution in [2.75, 3.05) is 5.48 Å². The molecule has 0 amide bonds. The third-order valence-corrected chi connectivity index (χ3v) is 4.93. The van der Waals surface area contributed by atoms with Crippen LogP contribution in [0.4, 0.5) is 10.2 Å². The molecule has 0 radical (unpaired) electrons. The molecule has 6 nitrogen and oxygen atoms in total. The Morgan fingerprint density at radius 3 is 2.52 bits per heavy atom. The number of rotatable bonds is 4. The van der Waals surface area contributed by atoms with Gasteiger partial charge in [0, 0.05) is 6.92 Å². The molecule has 8 heteroatoms. The van der Waals surface area contributed by atoms with E-state index >= 15 is 0 Å². The average Bonchev–Trinajstić information content (AvgIpc) is 2.55. The van der Waals surface area contributed by atoms with Crippen molar-refractivity contribution in [1.29, 1.82) is 0 Å². The van der Waals surface area contributed by atoms with Crippen LogP contribution in [0.2, 0.25) is 5.28 Å². The molecular weight excluding hydrogens is 325 g/mol. The summed E-state index contributed by atoms with van der Waals surface area (Å²) in [5.74, 6) is -1.66. The lowest BCUT2D eigenvalue weighted by molar-refractivity contribution is -0.151. The summed E-state index contributed by atoms with van der Waals surface area (Å²) in [4.78, 5) is 35.7. The molecule has 3 saturated carbocycles. The Labute approximate surface area is 137 Å². The van der Waals surface area contributed by atoms with E-state index < -0.39 is 29.1 Å². The maximum absolute atomic E-state index is 14.1. The Bertz CT molecular complexity index is 647. The first-order valence-corrected chi connectivity index (χ1v) is 8.04. The van der Waals surface area contributed by atoms with Gasteiger partial charge in [0.1, 0.15) is 5.69 Å². The van der Waals surface area contributed by atoms with Gasteiger partial charge in [-0.3, -0.25) is 4.79 Å². The first kappa shape index (κ1) is 16.1. The fourth-order valence-corrected chi connectivity index (χ4v) is 3.73. The molecule has 1 aromatic heterocycles. The lowest BCUT2D eigenvalue weighted by Gasteiger charge is -2.40. The summed E-state index contributed by atoms with van der Waals surface area (Å²) in [7, 11) is 0. The van der Waals surface area contributed by atoms with E-state index in [2.05, 4.69) is 15.4 Å². The molecule has 1 atom stereocenters. The number of nitrogens with one attached hydrogen (secondary N) is 1. The fraction of sp³-hybridized carbons (Fsp3) is 0.600. The van der Waals surface area contributed by atoms with Crippen LogP contribution in [0.1, 0.15) is 49.5 Å². The summed E-state index contributed by atoms with van der Waals surface area (Å²) >= 11 is 5.66. The molecular formula is C15H17ClFN3O3. The number of hydrogen-bond donors (Lipinski definition) is 1. The van der Waals surface area contributed by atoms with Crippen molar-refractivity contribution in [3.05, 3.63) is 16.8 Å². The summed E-state index contributed by atoms with van der Waals surface area (Å²) in [6.45, 7) is 1.16. The molecule has 23 heavy (non-hydrogen) atoms. The van der Waals surface area contributed by atoms with Gasteiger partial charge in [-0.1, -0.05) is 12.8 Å². The highest BCUT2D eigenvalue weighted by Crippen LogP contribution is 2.45. The topological polar surface area (TPSA) is 81.2 Å². The molecule has 0 aromatic carbocycles. The maximum Gasteiger partial charge on any atom is 0.335 e. The largest absolute Gasteiger partial charge is 0.342 e. The monoisotopic (exact) mass is 341 g/mol.